The van der Waals surface area contributed by atoms with E-state index < -0.39 is 12.1 Å². The third kappa shape index (κ3) is 52.4. The molecule has 0 aromatic heterocycles. The average Bonchev–Trinajstić information content (AvgIpc) is 3.33. The van der Waals surface area contributed by atoms with Crippen LogP contribution in [0.5, 0.6) is 0 Å². The van der Waals surface area contributed by atoms with Crippen molar-refractivity contribution >= 4 is 17.9 Å². The van der Waals surface area contributed by atoms with Crippen LogP contribution in [0.3, 0.4) is 0 Å². The fraction of sp³-hybridized carbons (Fsp3) is 0.590. The third-order valence-electron chi connectivity index (χ3n) is 10.6. The Morgan fingerprint density at radius 3 is 1.07 bits per heavy atom. The van der Waals surface area contributed by atoms with Crippen LogP contribution in [0, 0.1) is 0 Å². The lowest BCUT2D eigenvalue weighted by Crippen LogP contribution is -2.30. The maximum atomic E-state index is 12.8. The Labute approximate surface area is 411 Å². The van der Waals surface area contributed by atoms with Crippen molar-refractivity contribution in [3.8, 4) is 0 Å². The molecular weight excluding hydrogens is 829 g/mol. The Hall–Kier alpha value is -4.45. The first kappa shape index (κ1) is 62.5. The van der Waals surface area contributed by atoms with E-state index in [0.29, 0.717) is 19.3 Å². The van der Waals surface area contributed by atoms with Crippen LogP contribution in [0.4, 0.5) is 0 Å². The zero-order valence-electron chi connectivity index (χ0n) is 42.9. The van der Waals surface area contributed by atoms with Crippen molar-refractivity contribution in [1.82, 2.24) is 0 Å². The molecule has 6 nitrogen and oxygen atoms in total. The molecule has 0 unspecified atom stereocenters. The van der Waals surface area contributed by atoms with Gasteiger partial charge in [-0.1, -0.05) is 206 Å². The number of hydrogen-bond acceptors (Lipinski definition) is 6. The van der Waals surface area contributed by atoms with Crippen LogP contribution in [0.15, 0.2) is 134 Å². The van der Waals surface area contributed by atoms with Gasteiger partial charge in [0.15, 0.2) is 6.10 Å². The van der Waals surface area contributed by atoms with Crippen LogP contribution in [-0.4, -0.2) is 37.2 Å². The molecule has 0 aliphatic carbocycles. The first-order chi connectivity index (χ1) is 33.0. The van der Waals surface area contributed by atoms with Crippen molar-refractivity contribution in [3.05, 3.63) is 134 Å². The molecule has 0 saturated carbocycles. The van der Waals surface area contributed by atoms with Crippen LogP contribution in [0.1, 0.15) is 213 Å². The minimum Gasteiger partial charge on any atom is -0.462 e. The summed E-state index contributed by atoms with van der Waals surface area (Å²) in [6.07, 6.45) is 75.9. The van der Waals surface area contributed by atoms with Gasteiger partial charge in [0.25, 0.3) is 0 Å². The van der Waals surface area contributed by atoms with Crippen molar-refractivity contribution in [2.75, 3.05) is 13.2 Å². The number of carbonyl (C=O) groups is 3. The zero-order chi connectivity index (χ0) is 48.6. The lowest BCUT2D eigenvalue weighted by Gasteiger charge is -2.18. The van der Waals surface area contributed by atoms with E-state index in [1.54, 1.807) is 0 Å². The Kier molecular flexibility index (Phi) is 50.6. The van der Waals surface area contributed by atoms with Gasteiger partial charge in [0, 0.05) is 19.3 Å². The standard InChI is InChI=1S/C61H96O6/c1-4-7-10-13-16-19-22-25-27-29-30-32-34-37-40-43-46-49-52-55-61(64)67-58(56-65-59(62)53-50-47-44-41-38-35-24-21-18-15-12-9-6-3)57-66-60(63)54-51-48-45-42-39-36-33-31-28-26-23-20-17-14-11-8-5-2/h8,11,16-17,19-21,24-28,30,32-33,36-37,40,42,45-46,49,58H,4-7,9-10,12-15,18,22-23,29,31,34-35,38-39,41,43-44,47-48,50-57H2,1-3H3/b11-8-,19-16-,20-17-,24-21-,27-25-,28-26-,32-30-,36-33-,40-37-,45-42-,49-46-/t58-/m0/s1. The molecule has 0 aliphatic rings. The molecule has 0 amide bonds. The summed E-state index contributed by atoms with van der Waals surface area (Å²) in [6, 6.07) is 0. The topological polar surface area (TPSA) is 78.9 Å². The van der Waals surface area contributed by atoms with Gasteiger partial charge in [-0.2, -0.15) is 0 Å². The molecule has 67 heavy (non-hydrogen) atoms. The van der Waals surface area contributed by atoms with Gasteiger partial charge in [-0.3, -0.25) is 14.4 Å². The van der Waals surface area contributed by atoms with Gasteiger partial charge in [0.1, 0.15) is 13.2 Å². The molecule has 0 bridgehead atoms. The van der Waals surface area contributed by atoms with E-state index in [4.69, 9.17) is 14.2 Å². The molecule has 0 N–H and O–H groups in total. The van der Waals surface area contributed by atoms with E-state index in [0.717, 1.165) is 96.3 Å². The van der Waals surface area contributed by atoms with Crippen molar-refractivity contribution < 1.29 is 28.6 Å². The third-order valence-corrected chi connectivity index (χ3v) is 10.6. The molecule has 0 fully saturated rings. The highest BCUT2D eigenvalue weighted by Crippen LogP contribution is 2.11. The molecule has 376 valence electrons. The van der Waals surface area contributed by atoms with Crippen LogP contribution >= 0.6 is 0 Å². The van der Waals surface area contributed by atoms with Gasteiger partial charge in [0.05, 0.1) is 0 Å². The monoisotopic (exact) mass is 925 g/mol. The van der Waals surface area contributed by atoms with E-state index in [1.165, 1.54) is 64.2 Å². The fourth-order valence-electron chi connectivity index (χ4n) is 6.63. The zero-order valence-corrected chi connectivity index (χ0v) is 42.9. The number of esters is 3. The predicted molar refractivity (Wildman–Crippen MR) is 288 cm³/mol. The molecule has 0 aliphatic heterocycles. The highest BCUT2D eigenvalue weighted by molar-refractivity contribution is 5.71. The Balaban J connectivity index is 4.63. The number of unbranched alkanes of at least 4 members (excludes halogenated alkanes) is 13. The van der Waals surface area contributed by atoms with Crippen LogP contribution in [0.25, 0.3) is 0 Å². The number of ether oxygens (including phenoxy) is 3. The highest BCUT2D eigenvalue weighted by Gasteiger charge is 2.19. The van der Waals surface area contributed by atoms with E-state index in [1.807, 2.05) is 12.2 Å². The lowest BCUT2D eigenvalue weighted by atomic mass is 10.1. The van der Waals surface area contributed by atoms with E-state index in [2.05, 4.69) is 142 Å². The minimum atomic E-state index is -0.848. The number of allylic oxidation sites excluding steroid dienone is 22. The quantitative estimate of drug-likeness (QED) is 0.0262. The summed E-state index contributed by atoms with van der Waals surface area (Å²) in [5.74, 6) is -1.10. The number of rotatable bonds is 46. The summed E-state index contributed by atoms with van der Waals surface area (Å²) in [4.78, 5) is 38.0. The fourth-order valence-corrected chi connectivity index (χ4v) is 6.63. The van der Waals surface area contributed by atoms with Crippen LogP contribution < -0.4 is 0 Å². The van der Waals surface area contributed by atoms with E-state index in [-0.39, 0.29) is 38.0 Å². The summed E-state index contributed by atoms with van der Waals surface area (Å²) >= 11 is 0. The Morgan fingerprint density at radius 2 is 0.627 bits per heavy atom. The average molecular weight is 925 g/mol. The summed E-state index contributed by atoms with van der Waals surface area (Å²) in [5, 5.41) is 0. The number of hydrogen-bond donors (Lipinski definition) is 0. The minimum absolute atomic E-state index is 0.134. The van der Waals surface area contributed by atoms with Gasteiger partial charge in [0.2, 0.25) is 0 Å². The molecule has 0 heterocycles. The van der Waals surface area contributed by atoms with E-state index >= 15 is 0 Å². The van der Waals surface area contributed by atoms with Gasteiger partial charge in [-0.05, 0) is 122 Å². The van der Waals surface area contributed by atoms with Gasteiger partial charge < -0.3 is 14.2 Å². The first-order valence-electron chi connectivity index (χ1n) is 26.7. The maximum absolute atomic E-state index is 12.8. The van der Waals surface area contributed by atoms with Crippen molar-refractivity contribution in [2.45, 2.75) is 219 Å². The molecule has 6 heteroatoms. The van der Waals surface area contributed by atoms with Crippen LogP contribution in [0.2, 0.25) is 0 Å². The SMILES string of the molecule is CC/C=C\C/C=C\C/C=C\C/C=C\C/C=C\CCCC(=O)OC[C@H](COC(=O)CCCCCCC/C=C\CCCCCC)OC(=O)CC/C=C\C/C=C\C/C=C\C/C=C\C/C=C\CCCCC. The van der Waals surface area contributed by atoms with Crippen molar-refractivity contribution in [2.24, 2.45) is 0 Å². The second-order valence-corrected chi connectivity index (χ2v) is 17.0. The van der Waals surface area contributed by atoms with Gasteiger partial charge in [-0.25, -0.2) is 0 Å². The highest BCUT2D eigenvalue weighted by atomic mass is 16.6. The van der Waals surface area contributed by atoms with Gasteiger partial charge >= 0.3 is 17.9 Å². The molecule has 0 radical (unpaired) electrons. The summed E-state index contributed by atoms with van der Waals surface area (Å²) in [6.45, 7) is 6.34. The molecule has 0 spiro atoms. The van der Waals surface area contributed by atoms with Crippen molar-refractivity contribution in [1.29, 1.82) is 0 Å². The second-order valence-electron chi connectivity index (χ2n) is 17.0. The summed E-state index contributed by atoms with van der Waals surface area (Å²) < 4.78 is 16.7. The summed E-state index contributed by atoms with van der Waals surface area (Å²) in [7, 11) is 0. The normalized spacial score (nSPS) is 13.2. The largest absolute Gasteiger partial charge is 0.462 e. The first-order valence-corrected chi connectivity index (χ1v) is 26.7. The lowest BCUT2D eigenvalue weighted by molar-refractivity contribution is -0.166. The Bertz CT molecular complexity index is 1480. The molecule has 0 aromatic carbocycles. The Morgan fingerprint density at radius 1 is 0.313 bits per heavy atom. The predicted octanol–water partition coefficient (Wildman–Crippen LogP) is 17.9. The maximum Gasteiger partial charge on any atom is 0.306 e. The molecule has 0 rings (SSSR count). The van der Waals surface area contributed by atoms with Gasteiger partial charge in [-0.15, -0.1) is 0 Å². The summed E-state index contributed by atoms with van der Waals surface area (Å²) in [5.41, 5.74) is 0. The molecular formula is C61H96O6. The second kappa shape index (κ2) is 54.2. The molecule has 0 saturated heterocycles. The molecule has 1 atom stereocenters. The van der Waals surface area contributed by atoms with Crippen LogP contribution in [-0.2, 0) is 28.6 Å². The van der Waals surface area contributed by atoms with Crippen molar-refractivity contribution in [3.63, 3.8) is 0 Å². The van der Waals surface area contributed by atoms with E-state index in [9.17, 15) is 14.4 Å². The smallest absolute Gasteiger partial charge is 0.306 e. The molecule has 0 aromatic rings. The number of carbonyl (C=O) groups excluding carboxylic acids is 3.